The first-order valence-corrected chi connectivity index (χ1v) is 9.36. The number of hydrogen-bond acceptors (Lipinski definition) is 1. The highest BCUT2D eigenvalue weighted by molar-refractivity contribution is 5.91. The van der Waals surface area contributed by atoms with Gasteiger partial charge in [0.05, 0.1) is 6.61 Å². The van der Waals surface area contributed by atoms with Gasteiger partial charge in [0, 0.05) is 5.39 Å². The van der Waals surface area contributed by atoms with Crippen LogP contribution in [-0.2, 0) is 0 Å². The van der Waals surface area contributed by atoms with Gasteiger partial charge in [-0.3, -0.25) is 0 Å². The van der Waals surface area contributed by atoms with E-state index in [1.54, 1.807) is 5.56 Å². The zero-order valence-corrected chi connectivity index (χ0v) is 14.8. The van der Waals surface area contributed by atoms with Crippen molar-refractivity contribution in [3.63, 3.8) is 0 Å². The Hall–Kier alpha value is -1.50. The molecular weight excluding hydrogens is 280 g/mol. The van der Waals surface area contributed by atoms with Crippen LogP contribution < -0.4 is 4.74 Å². The molecule has 0 spiro atoms. The summed E-state index contributed by atoms with van der Waals surface area (Å²) in [6.45, 7) is 7.79. The van der Waals surface area contributed by atoms with Crippen molar-refractivity contribution >= 4 is 10.8 Å². The Morgan fingerprint density at radius 2 is 1.83 bits per heavy atom. The lowest BCUT2D eigenvalue weighted by atomic mass is 9.80. The van der Waals surface area contributed by atoms with Crippen LogP contribution in [0, 0.1) is 11.8 Å². The number of hydrogen-bond donors (Lipinski definition) is 0. The third kappa shape index (κ3) is 3.39. The molecule has 0 saturated heterocycles. The van der Waals surface area contributed by atoms with Gasteiger partial charge in [-0.1, -0.05) is 63.9 Å². The first-order chi connectivity index (χ1) is 11.2. The van der Waals surface area contributed by atoms with E-state index >= 15 is 0 Å². The van der Waals surface area contributed by atoms with Crippen LogP contribution in [0.4, 0.5) is 0 Å². The van der Waals surface area contributed by atoms with Crippen molar-refractivity contribution in [3.05, 3.63) is 42.0 Å². The fraction of sp³-hybridized carbons (Fsp3) is 0.545. The number of ether oxygens (including phenoxy) is 1. The Morgan fingerprint density at radius 1 is 1.04 bits per heavy atom. The summed E-state index contributed by atoms with van der Waals surface area (Å²) >= 11 is 0. The third-order valence-electron chi connectivity index (χ3n) is 5.50. The summed E-state index contributed by atoms with van der Waals surface area (Å²) in [4.78, 5) is 0. The van der Waals surface area contributed by atoms with Crippen molar-refractivity contribution in [1.82, 2.24) is 0 Å². The Labute approximate surface area is 141 Å². The number of unbranched alkanes of at least 4 members (excludes halogenated alkanes) is 1. The van der Waals surface area contributed by atoms with Gasteiger partial charge in [-0.25, -0.2) is 0 Å². The third-order valence-corrected chi connectivity index (χ3v) is 5.50. The van der Waals surface area contributed by atoms with Gasteiger partial charge in [-0.05, 0) is 54.0 Å². The summed E-state index contributed by atoms with van der Waals surface area (Å²) in [5.41, 5.74) is 1.54. The van der Waals surface area contributed by atoms with Crippen LogP contribution in [0.3, 0.4) is 0 Å². The predicted molar refractivity (Wildman–Crippen MR) is 99.3 cm³/mol. The van der Waals surface area contributed by atoms with Crippen LogP contribution in [0.25, 0.3) is 10.8 Å². The topological polar surface area (TPSA) is 9.23 Å². The van der Waals surface area contributed by atoms with Crippen molar-refractivity contribution in [1.29, 1.82) is 0 Å². The Morgan fingerprint density at radius 3 is 2.57 bits per heavy atom. The molecule has 0 radical (unpaired) electrons. The van der Waals surface area contributed by atoms with Crippen molar-refractivity contribution in [2.45, 2.75) is 58.8 Å². The first kappa shape index (κ1) is 16.4. The number of rotatable bonds is 6. The largest absolute Gasteiger partial charge is 0.493 e. The minimum absolute atomic E-state index is 0.713. The standard InChI is InChI=1S/C22H30O/c1-4-5-15-23-22-14-13-20(19-9-6-7-10-21(19)22)18-12-8-11-17(18)16(2)3/h6-7,9-10,13-14,16-18H,4-5,8,11-12,15H2,1-3H3. The average Bonchev–Trinajstić information content (AvgIpc) is 3.05. The van der Waals surface area contributed by atoms with Crippen molar-refractivity contribution in [2.75, 3.05) is 6.61 Å². The van der Waals surface area contributed by atoms with E-state index in [-0.39, 0.29) is 0 Å². The molecule has 0 heterocycles. The molecule has 0 amide bonds. The highest BCUT2D eigenvalue weighted by Crippen LogP contribution is 2.46. The van der Waals surface area contributed by atoms with Crippen molar-refractivity contribution < 1.29 is 4.74 Å². The maximum Gasteiger partial charge on any atom is 0.127 e. The molecule has 1 aliphatic rings. The maximum absolute atomic E-state index is 6.05. The Balaban J connectivity index is 1.97. The van der Waals surface area contributed by atoms with E-state index < -0.39 is 0 Å². The van der Waals surface area contributed by atoms with Crippen LogP contribution in [0.5, 0.6) is 5.75 Å². The second-order valence-corrected chi connectivity index (χ2v) is 7.35. The summed E-state index contributed by atoms with van der Waals surface area (Å²) in [6, 6.07) is 13.4. The monoisotopic (exact) mass is 310 g/mol. The van der Waals surface area contributed by atoms with E-state index in [0.717, 1.165) is 30.6 Å². The molecule has 1 nitrogen and oxygen atoms in total. The van der Waals surface area contributed by atoms with Gasteiger partial charge in [-0.2, -0.15) is 0 Å². The number of fused-ring (bicyclic) bond motifs is 1. The van der Waals surface area contributed by atoms with E-state index in [2.05, 4.69) is 57.2 Å². The maximum atomic E-state index is 6.05. The molecule has 0 aromatic heterocycles. The van der Waals surface area contributed by atoms with Crippen molar-refractivity contribution in [3.8, 4) is 5.75 Å². The van der Waals surface area contributed by atoms with E-state index in [4.69, 9.17) is 4.74 Å². The molecule has 1 heteroatoms. The molecule has 1 aliphatic carbocycles. The Bertz CT molecular complexity index is 643. The van der Waals surface area contributed by atoms with E-state index in [1.807, 2.05) is 0 Å². The van der Waals surface area contributed by atoms with Crippen LogP contribution in [0.2, 0.25) is 0 Å². The smallest absolute Gasteiger partial charge is 0.127 e. The molecule has 2 aromatic carbocycles. The second kappa shape index (κ2) is 7.38. The molecule has 0 aliphatic heterocycles. The average molecular weight is 310 g/mol. The van der Waals surface area contributed by atoms with Gasteiger partial charge in [0.2, 0.25) is 0 Å². The number of benzene rings is 2. The molecule has 23 heavy (non-hydrogen) atoms. The quantitative estimate of drug-likeness (QED) is 0.549. The van der Waals surface area contributed by atoms with Gasteiger partial charge in [0.1, 0.15) is 5.75 Å². The SMILES string of the molecule is CCCCOc1ccc(C2CCCC2C(C)C)c2ccccc12. The van der Waals surface area contributed by atoms with Gasteiger partial charge in [0.25, 0.3) is 0 Å². The fourth-order valence-electron chi connectivity index (χ4n) is 4.24. The van der Waals surface area contributed by atoms with Gasteiger partial charge < -0.3 is 4.74 Å². The van der Waals surface area contributed by atoms with E-state index in [1.165, 1.54) is 36.5 Å². The lowest BCUT2D eigenvalue weighted by Crippen LogP contribution is -2.13. The Kier molecular flexibility index (Phi) is 5.25. The summed E-state index contributed by atoms with van der Waals surface area (Å²) in [5.74, 6) is 3.36. The lowest BCUT2D eigenvalue weighted by Gasteiger charge is -2.25. The van der Waals surface area contributed by atoms with Crippen LogP contribution in [-0.4, -0.2) is 6.61 Å². The van der Waals surface area contributed by atoms with Crippen molar-refractivity contribution in [2.24, 2.45) is 11.8 Å². The molecule has 1 fully saturated rings. The molecule has 0 N–H and O–H groups in total. The van der Waals surface area contributed by atoms with Gasteiger partial charge >= 0.3 is 0 Å². The molecule has 3 rings (SSSR count). The zero-order chi connectivity index (χ0) is 16.2. The normalized spacial score (nSPS) is 21.2. The van der Waals surface area contributed by atoms with Gasteiger partial charge in [0.15, 0.2) is 0 Å². The molecule has 1 saturated carbocycles. The molecule has 0 bridgehead atoms. The minimum atomic E-state index is 0.713. The molecule has 2 atom stereocenters. The molecule has 2 aromatic rings. The molecular formula is C22H30O. The highest BCUT2D eigenvalue weighted by Gasteiger charge is 2.31. The second-order valence-electron chi connectivity index (χ2n) is 7.35. The van der Waals surface area contributed by atoms with Crippen LogP contribution in [0.1, 0.15) is 64.4 Å². The lowest BCUT2D eigenvalue weighted by molar-refractivity contribution is 0.312. The summed E-state index contributed by atoms with van der Waals surface area (Å²) in [7, 11) is 0. The summed E-state index contributed by atoms with van der Waals surface area (Å²) < 4.78 is 6.05. The molecule has 124 valence electrons. The predicted octanol–water partition coefficient (Wildman–Crippen LogP) is 6.56. The van der Waals surface area contributed by atoms with E-state index in [0.29, 0.717) is 5.92 Å². The van der Waals surface area contributed by atoms with Crippen LogP contribution >= 0.6 is 0 Å². The molecule has 2 unspecified atom stereocenters. The zero-order valence-electron chi connectivity index (χ0n) is 14.8. The van der Waals surface area contributed by atoms with Crippen LogP contribution in [0.15, 0.2) is 36.4 Å². The fourth-order valence-corrected chi connectivity index (χ4v) is 4.24. The minimum Gasteiger partial charge on any atom is -0.493 e. The van der Waals surface area contributed by atoms with Gasteiger partial charge in [-0.15, -0.1) is 0 Å². The first-order valence-electron chi connectivity index (χ1n) is 9.36. The summed E-state index contributed by atoms with van der Waals surface area (Å²) in [6.07, 6.45) is 6.38. The highest BCUT2D eigenvalue weighted by atomic mass is 16.5. The summed E-state index contributed by atoms with van der Waals surface area (Å²) in [5, 5.41) is 2.69. The van der Waals surface area contributed by atoms with E-state index in [9.17, 15) is 0 Å².